The minimum atomic E-state index is 0.0872. The molecule has 0 fully saturated rings. The Bertz CT molecular complexity index is 672. The Hall–Kier alpha value is -2.54. The van der Waals surface area contributed by atoms with Crippen LogP contribution in [0.3, 0.4) is 0 Å². The zero-order valence-corrected chi connectivity index (χ0v) is 12.8. The summed E-state index contributed by atoms with van der Waals surface area (Å²) in [5.74, 6) is 0.833. The summed E-state index contributed by atoms with van der Waals surface area (Å²) in [4.78, 5) is 4.33. The maximum Gasteiger partial charge on any atom is 0.118 e. The predicted molar refractivity (Wildman–Crippen MR) is 83.5 cm³/mol. The van der Waals surface area contributed by atoms with E-state index in [1.54, 1.807) is 7.11 Å². The molecule has 1 atom stereocenters. The third-order valence-electron chi connectivity index (χ3n) is 3.43. The lowest BCUT2D eigenvalue weighted by atomic mass is 10.1. The van der Waals surface area contributed by atoms with Gasteiger partial charge in [-0.15, -0.1) is 0 Å². The first-order valence-electron chi connectivity index (χ1n) is 6.84. The van der Waals surface area contributed by atoms with E-state index in [2.05, 4.69) is 23.3 Å². The number of benzene rings is 1. The second-order valence-corrected chi connectivity index (χ2v) is 5.02. The molecule has 1 aromatic carbocycles. The smallest absolute Gasteiger partial charge is 0.118 e. The number of aromatic nitrogens is 1. The van der Waals surface area contributed by atoms with Gasteiger partial charge < -0.3 is 10.1 Å². The minimum absolute atomic E-state index is 0.0872. The number of anilines is 1. The molecule has 0 saturated carbocycles. The van der Waals surface area contributed by atoms with Crippen molar-refractivity contribution in [3.63, 3.8) is 0 Å². The topological polar surface area (TPSA) is 57.9 Å². The molecule has 1 unspecified atom stereocenters. The Balaban J connectivity index is 2.26. The van der Waals surface area contributed by atoms with Gasteiger partial charge in [-0.05, 0) is 44.5 Å². The van der Waals surface area contributed by atoms with Gasteiger partial charge in [0.15, 0.2) is 0 Å². The van der Waals surface area contributed by atoms with Crippen molar-refractivity contribution in [1.82, 2.24) is 4.98 Å². The van der Waals surface area contributed by atoms with Crippen molar-refractivity contribution < 1.29 is 4.74 Å². The molecule has 0 saturated heterocycles. The number of rotatable bonds is 4. The Labute approximate surface area is 125 Å². The molecule has 0 aliphatic rings. The van der Waals surface area contributed by atoms with Crippen molar-refractivity contribution in [3.05, 3.63) is 52.8 Å². The highest BCUT2D eigenvalue weighted by Crippen LogP contribution is 2.25. The van der Waals surface area contributed by atoms with Gasteiger partial charge in [0.1, 0.15) is 11.8 Å². The molecule has 0 radical (unpaired) electrons. The van der Waals surface area contributed by atoms with E-state index in [1.807, 2.05) is 44.2 Å². The number of methoxy groups -OCH3 is 1. The first kappa shape index (κ1) is 14.9. The predicted octanol–water partition coefficient (Wildman–Crippen LogP) is 3.75. The number of nitriles is 1. The van der Waals surface area contributed by atoms with Crippen LogP contribution in [0.25, 0.3) is 0 Å². The molecule has 0 amide bonds. The van der Waals surface area contributed by atoms with Crippen LogP contribution >= 0.6 is 0 Å². The third-order valence-corrected chi connectivity index (χ3v) is 3.43. The van der Waals surface area contributed by atoms with Gasteiger partial charge >= 0.3 is 0 Å². The van der Waals surface area contributed by atoms with E-state index in [4.69, 9.17) is 4.74 Å². The zero-order chi connectivity index (χ0) is 15.4. The van der Waals surface area contributed by atoms with E-state index in [0.717, 1.165) is 28.4 Å². The number of nitrogens with one attached hydrogen (secondary N) is 1. The van der Waals surface area contributed by atoms with E-state index in [9.17, 15) is 5.26 Å². The normalized spacial score (nSPS) is 11.6. The summed E-state index contributed by atoms with van der Waals surface area (Å²) in [6, 6.07) is 12.1. The molecule has 1 heterocycles. The maximum absolute atomic E-state index is 9.30. The highest BCUT2D eigenvalue weighted by atomic mass is 16.5. The third kappa shape index (κ3) is 3.32. The highest BCUT2D eigenvalue weighted by Gasteiger charge is 2.12. The molecule has 0 aliphatic carbocycles. The fraction of sp³-hybridized carbons (Fsp3) is 0.294. The lowest BCUT2D eigenvalue weighted by Gasteiger charge is -2.18. The first-order valence-corrected chi connectivity index (χ1v) is 6.84. The lowest BCUT2D eigenvalue weighted by Crippen LogP contribution is -2.09. The van der Waals surface area contributed by atoms with Crippen LogP contribution in [0.4, 0.5) is 5.69 Å². The molecule has 0 aliphatic heterocycles. The Kier molecular flexibility index (Phi) is 4.44. The lowest BCUT2D eigenvalue weighted by molar-refractivity contribution is 0.414. The van der Waals surface area contributed by atoms with Gasteiger partial charge in [-0.2, -0.15) is 5.26 Å². The summed E-state index contributed by atoms with van der Waals surface area (Å²) < 4.78 is 5.16. The van der Waals surface area contributed by atoms with Gasteiger partial charge in [-0.3, -0.25) is 4.98 Å². The number of pyridine rings is 1. The van der Waals surface area contributed by atoms with E-state index in [0.29, 0.717) is 5.56 Å². The van der Waals surface area contributed by atoms with Gasteiger partial charge in [0.05, 0.1) is 24.1 Å². The Morgan fingerprint density at radius 2 is 1.90 bits per heavy atom. The second kappa shape index (κ2) is 6.27. The van der Waals surface area contributed by atoms with Gasteiger partial charge in [-0.1, -0.05) is 12.1 Å². The molecule has 1 N–H and O–H groups in total. The van der Waals surface area contributed by atoms with Crippen molar-refractivity contribution in [2.75, 3.05) is 12.4 Å². The van der Waals surface area contributed by atoms with Crippen molar-refractivity contribution in [3.8, 4) is 11.8 Å². The average molecular weight is 281 g/mol. The molecule has 1 aromatic heterocycles. The van der Waals surface area contributed by atoms with Crippen molar-refractivity contribution in [1.29, 1.82) is 5.26 Å². The molecular weight excluding hydrogens is 262 g/mol. The van der Waals surface area contributed by atoms with Crippen LogP contribution < -0.4 is 10.1 Å². The molecule has 2 rings (SSSR count). The molecular formula is C17H19N3O. The van der Waals surface area contributed by atoms with Crippen LogP contribution in [0.2, 0.25) is 0 Å². The van der Waals surface area contributed by atoms with E-state index >= 15 is 0 Å². The fourth-order valence-electron chi connectivity index (χ4n) is 2.29. The standard InChI is InChI=1S/C17H19N3O/c1-11-9-17(16(10-18)13(3)19-11)20-12(2)14-5-7-15(21-4)8-6-14/h5-9,12H,1-4H3,(H,19,20). The number of ether oxygens (including phenoxy) is 1. The average Bonchev–Trinajstić information content (AvgIpc) is 2.47. The highest BCUT2D eigenvalue weighted by molar-refractivity contribution is 5.60. The number of hydrogen-bond donors (Lipinski definition) is 1. The van der Waals surface area contributed by atoms with Crippen LogP contribution in [-0.4, -0.2) is 12.1 Å². The van der Waals surface area contributed by atoms with Crippen LogP contribution in [0.5, 0.6) is 5.75 Å². The minimum Gasteiger partial charge on any atom is -0.497 e. The van der Waals surface area contributed by atoms with Crippen LogP contribution in [-0.2, 0) is 0 Å². The largest absolute Gasteiger partial charge is 0.497 e. The summed E-state index contributed by atoms with van der Waals surface area (Å²) in [6.45, 7) is 5.85. The van der Waals surface area contributed by atoms with Crippen molar-refractivity contribution in [2.24, 2.45) is 0 Å². The summed E-state index contributed by atoms with van der Waals surface area (Å²) >= 11 is 0. The SMILES string of the molecule is COc1ccc(C(C)Nc2cc(C)nc(C)c2C#N)cc1. The van der Waals surface area contributed by atoms with Crippen molar-refractivity contribution in [2.45, 2.75) is 26.8 Å². The van der Waals surface area contributed by atoms with Gasteiger partial charge in [0.2, 0.25) is 0 Å². The number of hydrogen-bond acceptors (Lipinski definition) is 4. The zero-order valence-electron chi connectivity index (χ0n) is 12.8. The molecule has 108 valence electrons. The molecule has 0 spiro atoms. The fourth-order valence-corrected chi connectivity index (χ4v) is 2.29. The van der Waals surface area contributed by atoms with E-state index in [1.165, 1.54) is 0 Å². The van der Waals surface area contributed by atoms with Crippen LogP contribution in [0.15, 0.2) is 30.3 Å². The van der Waals surface area contributed by atoms with E-state index in [-0.39, 0.29) is 6.04 Å². The molecule has 4 heteroatoms. The maximum atomic E-state index is 9.30. The Morgan fingerprint density at radius 3 is 2.48 bits per heavy atom. The molecule has 2 aromatic rings. The summed E-state index contributed by atoms with van der Waals surface area (Å²) in [5, 5.41) is 12.7. The van der Waals surface area contributed by atoms with Gasteiger partial charge in [-0.25, -0.2) is 0 Å². The molecule has 21 heavy (non-hydrogen) atoms. The molecule has 4 nitrogen and oxygen atoms in total. The quantitative estimate of drug-likeness (QED) is 0.927. The number of aryl methyl sites for hydroxylation is 2. The summed E-state index contributed by atoms with van der Waals surface area (Å²) in [6.07, 6.45) is 0. The monoisotopic (exact) mass is 281 g/mol. The first-order chi connectivity index (χ1) is 10.0. The van der Waals surface area contributed by atoms with Gasteiger partial charge in [0.25, 0.3) is 0 Å². The number of nitrogens with zero attached hydrogens (tertiary/aromatic N) is 2. The van der Waals surface area contributed by atoms with Crippen LogP contribution in [0.1, 0.15) is 35.5 Å². The van der Waals surface area contributed by atoms with Crippen molar-refractivity contribution >= 4 is 5.69 Å². The summed E-state index contributed by atoms with van der Waals surface area (Å²) in [5.41, 5.74) is 4.21. The van der Waals surface area contributed by atoms with Gasteiger partial charge in [0, 0.05) is 11.7 Å². The second-order valence-electron chi connectivity index (χ2n) is 5.02. The Morgan fingerprint density at radius 1 is 1.24 bits per heavy atom. The molecule has 0 bridgehead atoms. The van der Waals surface area contributed by atoms with E-state index < -0.39 is 0 Å². The summed E-state index contributed by atoms with van der Waals surface area (Å²) in [7, 11) is 1.65. The van der Waals surface area contributed by atoms with Crippen LogP contribution in [0, 0.1) is 25.2 Å².